The minimum atomic E-state index is -0.0533. The maximum absolute atomic E-state index is 9.35. The molecule has 0 aliphatic rings. The van der Waals surface area contributed by atoms with E-state index in [2.05, 4.69) is 24.0 Å². The topological polar surface area (TPSA) is 59.7 Å². The number of aliphatic hydroxyl groups is 1. The number of pyridine rings is 1. The highest BCUT2D eigenvalue weighted by atomic mass is 16.5. The molecule has 108 valence electrons. The molecule has 0 atom stereocenters. The first-order valence-electron chi connectivity index (χ1n) is 6.90. The highest BCUT2D eigenvalue weighted by Gasteiger charge is 2.10. The van der Waals surface area contributed by atoms with Crippen molar-refractivity contribution >= 4 is 5.65 Å². The van der Waals surface area contributed by atoms with Crippen LogP contribution in [0.1, 0.15) is 31.2 Å². The van der Waals surface area contributed by atoms with E-state index in [1.807, 2.05) is 47.0 Å². The van der Waals surface area contributed by atoms with Gasteiger partial charge in [0.1, 0.15) is 17.3 Å². The molecule has 0 amide bonds. The van der Waals surface area contributed by atoms with Crippen molar-refractivity contribution in [1.29, 1.82) is 0 Å². The van der Waals surface area contributed by atoms with Gasteiger partial charge in [-0.05, 0) is 18.2 Å². The molecule has 5 heteroatoms. The van der Waals surface area contributed by atoms with Crippen molar-refractivity contribution in [3.05, 3.63) is 54.0 Å². The molecule has 0 aliphatic heterocycles. The summed E-state index contributed by atoms with van der Waals surface area (Å²) in [6.07, 6.45) is 1.87. The van der Waals surface area contributed by atoms with Crippen molar-refractivity contribution in [2.75, 3.05) is 0 Å². The number of rotatable bonds is 4. The predicted octanol–water partition coefficient (Wildman–Crippen LogP) is 3.14. The average molecular weight is 283 g/mol. The molecule has 1 aromatic carbocycles. The normalized spacial score (nSPS) is 11.2. The van der Waals surface area contributed by atoms with Crippen LogP contribution in [0.3, 0.4) is 0 Å². The summed E-state index contributed by atoms with van der Waals surface area (Å²) in [5.41, 5.74) is 1.55. The lowest BCUT2D eigenvalue weighted by Gasteiger charge is -2.10. The molecule has 0 unspecified atom stereocenters. The molecule has 0 aliphatic carbocycles. The van der Waals surface area contributed by atoms with Gasteiger partial charge in [-0.25, -0.2) is 0 Å². The van der Waals surface area contributed by atoms with Crippen LogP contribution in [0.15, 0.2) is 42.6 Å². The van der Waals surface area contributed by atoms with Crippen molar-refractivity contribution in [1.82, 2.24) is 14.6 Å². The third-order valence-corrected chi connectivity index (χ3v) is 3.29. The standard InChI is InChI=1S/C16H17N3O2/c1-11(2)16-18-17-15-8-7-13(9-19(15)16)21-14-6-4-3-5-12(14)10-20/h3-9,11,20H,10H2,1-2H3. The van der Waals surface area contributed by atoms with E-state index in [0.29, 0.717) is 11.5 Å². The molecule has 0 spiro atoms. The van der Waals surface area contributed by atoms with Crippen LogP contribution >= 0.6 is 0 Å². The molecule has 0 saturated carbocycles. The first-order chi connectivity index (χ1) is 10.2. The fourth-order valence-corrected chi connectivity index (χ4v) is 2.20. The number of fused-ring (bicyclic) bond motifs is 1. The summed E-state index contributed by atoms with van der Waals surface area (Å²) in [4.78, 5) is 0. The summed E-state index contributed by atoms with van der Waals surface area (Å²) in [6.45, 7) is 4.10. The van der Waals surface area contributed by atoms with E-state index in [1.165, 1.54) is 0 Å². The lowest BCUT2D eigenvalue weighted by molar-refractivity contribution is 0.276. The van der Waals surface area contributed by atoms with Gasteiger partial charge in [-0.1, -0.05) is 32.0 Å². The lowest BCUT2D eigenvalue weighted by Crippen LogP contribution is -1.98. The fourth-order valence-electron chi connectivity index (χ4n) is 2.20. The molecule has 2 aromatic heterocycles. The number of ether oxygens (including phenoxy) is 1. The monoisotopic (exact) mass is 283 g/mol. The Kier molecular flexibility index (Phi) is 3.58. The second-order valence-electron chi connectivity index (χ2n) is 5.17. The highest BCUT2D eigenvalue weighted by molar-refractivity contribution is 5.44. The summed E-state index contributed by atoms with van der Waals surface area (Å²) < 4.78 is 7.81. The van der Waals surface area contributed by atoms with E-state index >= 15 is 0 Å². The lowest BCUT2D eigenvalue weighted by atomic mass is 10.2. The molecule has 0 bridgehead atoms. The van der Waals surface area contributed by atoms with Crippen molar-refractivity contribution in [2.24, 2.45) is 0 Å². The van der Waals surface area contributed by atoms with Gasteiger partial charge >= 0.3 is 0 Å². The first-order valence-corrected chi connectivity index (χ1v) is 6.90. The number of aromatic nitrogens is 3. The van der Waals surface area contributed by atoms with Crippen LogP contribution in [-0.2, 0) is 6.61 Å². The van der Waals surface area contributed by atoms with Gasteiger partial charge in [0.15, 0.2) is 5.65 Å². The van der Waals surface area contributed by atoms with E-state index in [1.54, 1.807) is 0 Å². The predicted molar refractivity (Wildman–Crippen MR) is 79.5 cm³/mol. The Labute approximate surface area is 122 Å². The minimum Gasteiger partial charge on any atom is -0.455 e. The summed E-state index contributed by atoms with van der Waals surface area (Å²) in [5, 5.41) is 17.7. The van der Waals surface area contributed by atoms with Crippen LogP contribution in [-0.4, -0.2) is 19.7 Å². The van der Waals surface area contributed by atoms with E-state index in [0.717, 1.165) is 17.0 Å². The van der Waals surface area contributed by atoms with Crippen molar-refractivity contribution in [3.8, 4) is 11.5 Å². The minimum absolute atomic E-state index is 0.0533. The summed E-state index contributed by atoms with van der Waals surface area (Å²) in [6, 6.07) is 11.2. The Morgan fingerprint density at radius 2 is 1.95 bits per heavy atom. The smallest absolute Gasteiger partial charge is 0.161 e. The van der Waals surface area contributed by atoms with Gasteiger partial charge in [-0.3, -0.25) is 4.40 Å². The van der Waals surface area contributed by atoms with Gasteiger partial charge < -0.3 is 9.84 Å². The zero-order valence-corrected chi connectivity index (χ0v) is 12.0. The number of aliphatic hydroxyl groups excluding tert-OH is 1. The van der Waals surface area contributed by atoms with E-state index in [4.69, 9.17) is 4.74 Å². The molecule has 0 saturated heterocycles. The summed E-state index contributed by atoms with van der Waals surface area (Å²) in [5.74, 6) is 2.51. The second kappa shape index (κ2) is 5.54. The van der Waals surface area contributed by atoms with Crippen LogP contribution in [0.25, 0.3) is 5.65 Å². The fraction of sp³-hybridized carbons (Fsp3) is 0.250. The number of para-hydroxylation sites is 1. The van der Waals surface area contributed by atoms with E-state index in [9.17, 15) is 5.11 Å². The van der Waals surface area contributed by atoms with Gasteiger partial charge in [-0.15, -0.1) is 10.2 Å². The third kappa shape index (κ3) is 2.60. The van der Waals surface area contributed by atoms with Crippen LogP contribution < -0.4 is 4.74 Å². The first kappa shape index (κ1) is 13.6. The van der Waals surface area contributed by atoms with Gasteiger partial charge in [0, 0.05) is 11.5 Å². The molecule has 0 fully saturated rings. The SMILES string of the molecule is CC(C)c1nnc2ccc(Oc3ccccc3CO)cn12. The van der Waals surface area contributed by atoms with Crippen molar-refractivity contribution < 1.29 is 9.84 Å². The molecule has 1 N–H and O–H groups in total. The average Bonchev–Trinajstić information content (AvgIpc) is 2.91. The molecule has 21 heavy (non-hydrogen) atoms. The van der Waals surface area contributed by atoms with Gasteiger partial charge in [0.05, 0.1) is 12.8 Å². The zero-order valence-electron chi connectivity index (χ0n) is 12.0. The maximum atomic E-state index is 9.35. The molecule has 2 heterocycles. The number of hydrogen-bond donors (Lipinski definition) is 1. The maximum Gasteiger partial charge on any atom is 0.161 e. The van der Waals surface area contributed by atoms with Gasteiger partial charge in [0.25, 0.3) is 0 Å². The second-order valence-corrected chi connectivity index (χ2v) is 5.17. The Bertz CT molecular complexity index is 765. The Morgan fingerprint density at radius 3 is 2.71 bits per heavy atom. The number of nitrogens with zero attached hydrogens (tertiary/aromatic N) is 3. The van der Waals surface area contributed by atoms with Crippen molar-refractivity contribution in [2.45, 2.75) is 26.4 Å². The van der Waals surface area contributed by atoms with Crippen LogP contribution in [0.5, 0.6) is 11.5 Å². The Balaban J connectivity index is 1.99. The number of hydrogen-bond acceptors (Lipinski definition) is 4. The molecular weight excluding hydrogens is 266 g/mol. The van der Waals surface area contributed by atoms with Gasteiger partial charge in [-0.2, -0.15) is 0 Å². The summed E-state index contributed by atoms with van der Waals surface area (Å²) >= 11 is 0. The van der Waals surface area contributed by atoms with E-state index < -0.39 is 0 Å². The molecule has 5 nitrogen and oxygen atoms in total. The quantitative estimate of drug-likeness (QED) is 0.799. The van der Waals surface area contributed by atoms with Crippen LogP contribution in [0, 0.1) is 0 Å². The number of benzene rings is 1. The highest BCUT2D eigenvalue weighted by Crippen LogP contribution is 2.26. The van der Waals surface area contributed by atoms with Crippen LogP contribution in [0.4, 0.5) is 0 Å². The van der Waals surface area contributed by atoms with E-state index in [-0.39, 0.29) is 12.5 Å². The molecule has 3 rings (SSSR count). The molecule has 3 aromatic rings. The van der Waals surface area contributed by atoms with Crippen molar-refractivity contribution in [3.63, 3.8) is 0 Å². The molecular formula is C16H17N3O2. The largest absolute Gasteiger partial charge is 0.455 e. The Hall–Kier alpha value is -2.40. The Morgan fingerprint density at radius 1 is 1.14 bits per heavy atom. The molecule has 0 radical (unpaired) electrons. The zero-order chi connectivity index (χ0) is 14.8. The third-order valence-electron chi connectivity index (χ3n) is 3.29. The van der Waals surface area contributed by atoms with Crippen LogP contribution in [0.2, 0.25) is 0 Å². The van der Waals surface area contributed by atoms with Gasteiger partial charge in [0.2, 0.25) is 0 Å². The summed E-state index contributed by atoms with van der Waals surface area (Å²) in [7, 11) is 0.